The number of hydrogen-bond donors (Lipinski definition) is 2. The molecule has 0 aliphatic heterocycles. The van der Waals surface area contributed by atoms with Crippen LogP contribution < -0.4 is 11.1 Å². The molecule has 0 saturated carbocycles. The third-order valence-electron chi connectivity index (χ3n) is 5.09. The summed E-state index contributed by atoms with van der Waals surface area (Å²) in [5, 5.41) is 3.15. The van der Waals surface area contributed by atoms with E-state index in [1.54, 1.807) is 19.9 Å². The summed E-state index contributed by atoms with van der Waals surface area (Å²) in [6.45, 7) is 9.58. The van der Waals surface area contributed by atoms with E-state index in [2.05, 4.69) is 48.6 Å². The summed E-state index contributed by atoms with van der Waals surface area (Å²) in [6.07, 6.45) is 3.36. The Balaban J connectivity index is 2.18. The molecular weight excluding hydrogens is 360 g/mol. The summed E-state index contributed by atoms with van der Waals surface area (Å²) >= 11 is 0. The molecule has 0 aromatic heterocycles. The quantitative estimate of drug-likeness (QED) is 0.599. The van der Waals surface area contributed by atoms with Crippen molar-refractivity contribution >= 4 is 5.91 Å². The number of benzene rings is 2. The second-order valence-electron chi connectivity index (χ2n) is 8.10. The van der Waals surface area contributed by atoms with Gasteiger partial charge in [-0.25, -0.2) is 0 Å². The van der Waals surface area contributed by atoms with Gasteiger partial charge in [0, 0.05) is 12.0 Å². The average molecular weight is 395 g/mol. The first-order valence-corrected chi connectivity index (χ1v) is 10.3. The van der Waals surface area contributed by atoms with Crippen molar-refractivity contribution in [1.29, 1.82) is 0 Å². The molecule has 0 radical (unpaired) electrons. The number of ether oxygens (including phenoxy) is 1. The Morgan fingerprint density at radius 3 is 2.34 bits per heavy atom. The van der Waals surface area contributed by atoms with Gasteiger partial charge in [0.1, 0.15) is 0 Å². The molecule has 3 N–H and O–H groups in total. The van der Waals surface area contributed by atoms with Crippen molar-refractivity contribution < 1.29 is 9.53 Å². The van der Waals surface area contributed by atoms with Crippen molar-refractivity contribution in [2.45, 2.75) is 65.0 Å². The number of carbonyl (C=O) groups excluding carboxylic acids is 1. The van der Waals surface area contributed by atoms with Crippen LogP contribution in [-0.2, 0) is 16.0 Å². The number of hydrogen-bond acceptors (Lipinski definition) is 3. The molecular formula is C25H34N2O2. The van der Waals surface area contributed by atoms with Crippen molar-refractivity contribution in [2.75, 3.05) is 0 Å². The molecule has 29 heavy (non-hydrogen) atoms. The van der Waals surface area contributed by atoms with Crippen molar-refractivity contribution in [3.05, 3.63) is 83.2 Å². The molecule has 2 atom stereocenters. The topological polar surface area (TPSA) is 64.3 Å². The van der Waals surface area contributed by atoms with E-state index < -0.39 is 5.60 Å². The van der Waals surface area contributed by atoms with Gasteiger partial charge in [-0.3, -0.25) is 4.79 Å². The molecule has 0 aliphatic carbocycles. The zero-order chi connectivity index (χ0) is 21.4. The van der Waals surface area contributed by atoms with Gasteiger partial charge in [-0.05, 0) is 57.7 Å². The van der Waals surface area contributed by atoms with E-state index in [1.807, 2.05) is 32.0 Å². The molecule has 4 nitrogen and oxygen atoms in total. The highest BCUT2D eigenvalue weighted by molar-refractivity contribution is 5.84. The van der Waals surface area contributed by atoms with Crippen molar-refractivity contribution in [3.63, 3.8) is 0 Å². The van der Waals surface area contributed by atoms with Gasteiger partial charge in [-0.2, -0.15) is 0 Å². The van der Waals surface area contributed by atoms with Crippen LogP contribution in [0.2, 0.25) is 0 Å². The van der Waals surface area contributed by atoms with Gasteiger partial charge in [-0.1, -0.05) is 67.1 Å². The second kappa shape index (κ2) is 10.1. The molecule has 0 fully saturated rings. The predicted octanol–water partition coefficient (Wildman–Crippen LogP) is 4.83. The Hall–Kier alpha value is -2.75. The summed E-state index contributed by atoms with van der Waals surface area (Å²) in [5.41, 5.74) is 8.50. The van der Waals surface area contributed by atoms with Gasteiger partial charge < -0.3 is 15.8 Å². The summed E-state index contributed by atoms with van der Waals surface area (Å²) < 4.78 is 5.68. The summed E-state index contributed by atoms with van der Waals surface area (Å²) in [4.78, 5) is 12.9. The fourth-order valence-corrected chi connectivity index (χ4v) is 3.33. The number of aryl methyl sites for hydroxylation is 1. The van der Waals surface area contributed by atoms with Gasteiger partial charge in [0.15, 0.2) is 11.5 Å². The first kappa shape index (κ1) is 22.5. The minimum atomic E-state index is -1.05. The number of allylic oxidation sites excluding steroid dienone is 1. The Morgan fingerprint density at radius 2 is 1.76 bits per heavy atom. The molecule has 0 bridgehead atoms. The third kappa shape index (κ3) is 6.67. The largest absolute Gasteiger partial charge is 0.464 e. The molecule has 0 spiro atoms. The lowest BCUT2D eigenvalue weighted by molar-refractivity contribution is -0.139. The lowest BCUT2D eigenvalue weighted by Gasteiger charge is -2.31. The van der Waals surface area contributed by atoms with Gasteiger partial charge in [0.25, 0.3) is 5.91 Å². The van der Waals surface area contributed by atoms with Crippen LogP contribution in [-0.4, -0.2) is 17.6 Å². The molecule has 4 heteroatoms. The predicted molar refractivity (Wildman–Crippen MR) is 119 cm³/mol. The Kier molecular flexibility index (Phi) is 7.89. The SMILES string of the molecule is CC/C=C(\N)OC(C)(C)C(=O)NC(C)C(Cc1ccc(C)cc1)c1ccccc1. The minimum absolute atomic E-state index is 0.0783. The van der Waals surface area contributed by atoms with Crippen LogP contribution in [0.1, 0.15) is 56.7 Å². The zero-order valence-corrected chi connectivity index (χ0v) is 18.2. The molecule has 2 aromatic carbocycles. The van der Waals surface area contributed by atoms with E-state index in [1.165, 1.54) is 16.7 Å². The normalized spacial score (nSPS) is 14.2. The summed E-state index contributed by atoms with van der Waals surface area (Å²) in [7, 11) is 0. The standard InChI is InChI=1S/C25H34N2O2/c1-6-10-23(26)29-25(4,5)24(28)27-19(3)22(21-11-8-7-9-12-21)17-20-15-13-18(2)14-16-20/h7-16,19,22H,6,17,26H2,1-5H3,(H,27,28)/b23-10+. The van der Waals surface area contributed by atoms with Gasteiger partial charge in [0.05, 0.1) is 0 Å². The van der Waals surface area contributed by atoms with Crippen LogP contribution in [0.4, 0.5) is 0 Å². The van der Waals surface area contributed by atoms with E-state index in [0.717, 1.165) is 12.8 Å². The van der Waals surface area contributed by atoms with E-state index in [9.17, 15) is 4.79 Å². The number of rotatable bonds is 9. The molecule has 0 aliphatic rings. The fourth-order valence-electron chi connectivity index (χ4n) is 3.33. The van der Waals surface area contributed by atoms with Crippen LogP contribution in [0.3, 0.4) is 0 Å². The highest BCUT2D eigenvalue weighted by atomic mass is 16.5. The monoisotopic (exact) mass is 394 g/mol. The van der Waals surface area contributed by atoms with E-state index in [0.29, 0.717) is 0 Å². The first-order valence-electron chi connectivity index (χ1n) is 10.3. The zero-order valence-electron chi connectivity index (χ0n) is 18.2. The van der Waals surface area contributed by atoms with Crippen LogP contribution >= 0.6 is 0 Å². The lowest BCUT2D eigenvalue weighted by atomic mass is 9.86. The average Bonchev–Trinajstić information content (AvgIpc) is 2.67. The molecule has 156 valence electrons. The first-order chi connectivity index (χ1) is 13.7. The smallest absolute Gasteiger partial charge is 0.263 e. The van der Waals surface area contributed by atoms with Gasteiger partial charge >= 0.3 is 0 Å². The Morgan fingerprint density at radius 1 is 1.14 bits per heavy atom. The maximum Gasteiger partial charge on any atom is 0.263 e. The molecule has 2 unspecified atom stereocenters. The molecule has 0 saturated heterocycles. The number of nitrogens with one attached hydrogen (secondary N) is 1. The number of nitrogens with two attached hydrogens (primary N) is 1. The van der Waals surface area contributed by atoms with E-state index >= 15 is 0 Å². The summed E-state index contributed by atoms with van der Waals surface area (Å²) in [6, 6.07) is 18.8. The third-order valence-corrected chi connectivity index (χ3v) is 5.09. The van der Waals surface area contributed by atoms with Gasteiger partial charge in [-0.15, -0.1) is 0 Å². The highest BCUT2D eigenvalue weighted by Gasteiger charge is 2.33. The van der Waals surface area contributed by atoms with Crippen LogP contribution in [0.5, 0.6) is 0 Å². The maximum atomic E-state index is 12.9. The fraction of sp³-hybridized carbons (Fsp3) is 0.400. The van der Waals surface area contributed by atoms with Crippen molar-refractivity contribution in [3.8, 4) is 0 Å². The lowest BCUT2D eigenvalue weighted by Crippen LogP contribution is -2.49. The number of carbonyl (C=O) groups is 1. The van der Waals surface area contributed by atoms with Crippen LogP contribution in [0.15, 0.2) is 66.6 Å². The Bertz CT molecular complexity index is 810. The second-order valence-corrected chi connectivity index (χ2v) is 8.10. The minimum Gasteiger partial charge on any atom is -0.464 e. The molecule has 2 rings (SSSR count). The van der Waals surface area contributed by atoms with E-state index in [-0.39, 0.29) is 23.8 Å². The van der Waals surface area contributed by atoms with Crippen LogP contribution in [0, 0.1) is 6.92 Å². The molecule has 1 amide bonds. The Labute approximate surface area is 175 Å². The van der Waals surface area contributed by atoms with Crippen molar-refractivity contribution in [2.24, 2.45) is 5.73 Å². The molecule has 0 heterocycles. The molecule has 2 aromatic rings. The van der Waals surface area contributed by atoms with Crippen LogP contribution in [0.25, 0.3) is 0 Å². The highest BCUT2D eigenvalue weighted by Crippen LogP contribution is 2.26. The van der Waals surface area contributed by atoms with Gasteiger partial charge in [0.2, 0.25) is 0 Å². The van der Waals surface area contributed by atoms with E-state index in [4.69, 9.17) is 10.5 Å². The maximum absolute atomic E-state index is 12.9. The number of amides is 1. The summed E-state index contributed by atoms with van der Waals surface area (Å²) in [5.74, 6) is 0.240. The van der Waals surface area contributed by atoms with Crippen molar-refractivity contribution in [1.82, 2.24) is 5.32 Å².